The summed E-state index contributed by atoms with van der Waals surface area (Å²) in [6.07, 6.45) is 7.25. The fourth-order valence-electron chi connectivity index (χ4n) is 3.83. The predicted molar refractivity (Wildman–Crippen MR) is 104 cm³/mol. The van der Waals surface area contributed by atoms with Crippen molar-refractivity contribution < 1.29 is 24.2 Å². The van der Waals surface area contributed by atoms with E-state index in [9.17, 15) is 14.7 Å². The monoisotopic (exact) mass is 376 g/mol. The van der Waals surface area contributed by atoms with Crippen molar-refractivity contribution >= 4 is 11.9 Å². The first-order valence-electron chi connectivity index (χ1n) is 9.70. The first kappa shape index (κ1) is 21.4. The number of fused-ring (bicyclic) bond motifs is 1. The molecule has 0 aromatic heterocycles. The number of hydrogen-bond acceptors (Lipinski definition) is 5. The lowest BCUT2D eigenvalue weighted by molar-refractivity contribution is -0.164. The fourth-order valence-corrected chi connectivity index (χ4v) is 3.83. The Hall–Kier alpha value is -1.88. The van der Waals surface area contributed by atoms with Crippen molar-refractivity contribution in [1.82, 2.24) is 0 Å². The van der Waals surface area contributed by atoms with Gasteiger partial charge in [-0.25, -0.2) is 4.79 Å². The molecule has 2 aliphatic rings. The molecule has 150 valence electrons. The molecular weight excluding hydrogens is 344 g/mol. The van der Waals surface area contributed by atoms with Crippen molar-refractivity contribution in [1.29, 1.82) is 0 Å². The van der Waals surface area contributed by atoms with Gasteiger partial charge in [-0.05, 0) is 52.9 Å². The van der Waals surface area contributed by atoms with E-state index in [1.165, 1.54) is 12.5 Å². The van der Waals surface area contributed by atoms with Gasteiger partial charge in [0.05, 0.1) is 5.60 Å². The summed E-state index contributed by atoms with van der Waals surface area (Å²) >= 11 is 0. The van der Waals surface area contributed by atoms with E-state index in [0.717, 1.165) is 18.4 Å². The third-order valence-electron chi connectivity index (χ3n) is 5.58. The zero-order valence-electron chi connectivity index (χ0n) is 16.9. The molecule has 2 rings (SSSR count). The summed E-state index contributed by atoms with van der Waals surface area (Å²) in [6.45, 7) is 11.0. The highest BCUT2D eigenvalue weighted by molar-refractivity contribution is 5.90. The van der Waals surface area contributed by atoms with Gasteiger partial charge in [-0.15, -0.1) is 0 Å². The quantitative estimate of drug-likeness (QED) is 0.425. The standard InChI is InChI=1S/C22H32O5/c1-14-8-6-9-15(2)12-19-18(16(3)21(24)27-19)13-20(26-17(4)23)22(5,25)11-7-10-14/h9-10,18-20,25H,3,6-8,11-13H2,1-2,4-5H3/b14-10+,15-9?. The molecule has 0 radical (unpaired) electrons. The summed E-state index contributed by atoms with van der Waals surface area (Å²) in [5, 5.41) is 11.0. The lowest BCUT2D eigenvalue weighted by atomic mass is 9.81. The Labute approximate surface area is 162 Å². The van der Waals surface area contributed by atoms with Crippen LogP contribution in [0.5, 0.6) is 0 Å². The average molecular weight is 376 g/mol. The molecule has 27 heavy (non-hydrogen) atoms. The highest BCUT2D eigenvalue weighted by Crippen LogP contribution is 2.37. The van der Waals surface area contributed by atoms with Gasteiger partial charge in [-0.1, -0.05) is 29.9 Å². The number of allylic oxidation sites excluding steroid dienone is 3. The molecule has 1 saturated heterocycles. The molecule has 1 aliphatic carbocycles. The van der Waals surface area contributed by atoms with Crippen LogP contribution in [0.15, 0.2) is 35.5 Å². The van der Waals surface area contributed by atoms with Crippen molar-refractivity contribution in [2.45, 2.75) is 84.0 Å². The summed E-state index contributed by atoms with van der Waals surface area (Å²) in [7, 11) is 0. The first-order chi connectivity index (χ1) is 12.6. The number of aliphatic hydroxyl groups is 1. The second-order valence-corrected chi connectivity index (χ2v) is 8.15. The molecule has 5 heteroatoms. The SMILES string of the molecule is C=C1C(=O)OC2CC(C)=CCC/C(C)=C/CCC(C)(O)C(OC(C)=O)CC12. The van der Waals surface area contributed by atoms with E-state index in [4.69, 9.17) is 9.47 Å². The van der Waals surface area contributed by atoms with Gasteiger partial charge in [0.2, 0.25) is 0 Å². The Kier molecular flexibility index (Phi) is 7.04. The third-order valence-corrected chi connectivity index (χ3v) is 5.58. The van der Waals surface area contributed by atoms with Crippen LogP contribution in [-0.2, 0) is 19.1 Å². The van der Waals surface area contributed by atoms with Crippen LogP contribution in [0.3, 0.4) is 0 Å². The van der Waals surface area contributed by atoms with Crippen molar-refractivity contribution in [2.75, 3.05) is 0 Å². The van der Waals surface area contributed by atoms with Crippen molar-refractivity contribution in [3.63, 3.8) is 0 Å². The summed E-state index contributed by atoms with van der Waals surface area (Å²) in [4.78, 5) is 23.7. The summed E-state index contributed by atoms with van der Waals surface area (Å²) in [6, 6.07) is 0. The molecule has 0 saturated carbocycles. The number of rotatable bonds is 1. The predicted octanol–water partition coefficient (Wildman–Crippen LogP) is 4.01. The maximum atomic E-state index is 12.1. The van der Waals surface area contributed by atoms with Gasteiger partial charge in [0.15, 0.2) is 0 Å². The van der Waals surface area contributed by atoms with E-state index in [-0.39, 0.29) is 12.0 Å². The van der Waals surface area contributed by atoms with Crippen molar-refractivity contribution in [3.8, 4) is 0 Å². The highest BCUT2D eigenvalue weighted by Gasteiger charge is 2.44. The van der Waals surface area contributed by atoms with Gasteiger partial charge in [0, 0.05) is 24.8 Å². The van der Waals surface area contributed by atoms with Crippen LogP contribution in [0.25, 0.3) is 0 Å². The second-order valence-electron chi connectivity index (χ2n) is 8.15. The zero-order valence-corrected chi connectivity index (χ0v) is 16.9. The van der Waals surface area contributed by atoms with E-state index < -0.39 is 23.6 Å². The largest absolute Gasteiger partial charge is 0.459 e. The first-order valence-corrected chi connectivity index (χ1v) is 9.70. The van der Waals surface area contributed by atoms with E-state index in [2.05, 4.69) is 25.7 Å². The van der Waals surface area contributed by atoms with Gasteiger partial charge >= 0.3 is 11.9 Å². The lowest BCUT2D eigenvalue weighted by Gasteiger charge is -2.34. The Balaban J connectivity index is 2.34. The molecule has 1 fully saturated rings. The molecule has 4 unspecified atom stereocenters. The molecule has 4 atom stereocenters. The normalized spacial score (nSPS) is 35.2. The summed E-state index contributed by atoms with van der Waals surface area (Å²) < 4.78 is 11.0. The van der Waals surface area contributed by atoms with Crippen molar-refractivity contribution in [2.24, 2.45) is 5.92 Å². The molecule has 1 aliphatic heterocycles. The van der Waals surface area contributed by atoms with Crippen LogP contribution in [0.2, 0.25) is 0 Å². The molecule has 0 amide bonds. The van der Waals surface area contributed by atoms with Crippen LogP contribution in [0, 0.1) is 5.92 Å². The molecule has 0 bridgehead atoms. The van der Waals surface area contributed by atoms with Crippen molar-refractivity contribution in [3.05, 3.63) is 35.5 Å². The van der Waals surface area contributed by atoms with E-state index >= 15 is 0 Å². The molecule has 1 N–H and O–H groups in total. The zero-order chi connectivity index (χ0) is 20.2. The lowest BCUT2D eigenvalue weighted by Crippen LogP contribution is -2.44. The number of carbonyl (C=O) groups is 2. The fraction of sp³-hybridized carbons (Fsp3) is 0.636. The Morgan fingerprint density at radius 3 is 2.63 bits per heavy atom. The number of ether oxygens (including phenoxy) is 2. The molecular formula is C22H32O5. The Morgan fingerprint density at radius 1 is 1.30 bits per heavy atom. The van der Waals surface area contributed by atoms with Crippen LogP contribution in [0.1, 0.15) is 66.2 Å². The van der Waals surface area contributed by atoms with Crippen LogP contribution >= 0.6 is 0 Å². The molecule has 5 nitrogen and oxygen atoms in total. The Bertz CT molecular complexity index is 656. The van der Waals surface area contributed by atoms with Crippen LogP contribution in [0.4, 0.5) is 0 Å². The Morgan fingerprint density at radius 2 is 1.96 bits per heavy atom. The number of hydrogen-bond donors (Lipinski definition) is 1. The van der Waals surface area contributed by atoms with Crippen LogP contribution in [-0.4, -0.2) is 34.9 Å². The smallest absolute Gasteiger partial charge is 0.334 e. The molecule has 0 aromatic rings. The third kappa shape index (κ3) is 5.80. The van der Waals surface area contributed by atoms with E-state index in [1.54, 1.807) is 6.92 Å². The topological polar surface area (TPSA) is 72.8 Å². The molecule has 0 spiro atoms. The minimum atomic E-state index is -1.20. The van der Waals surface area contributed by atoms with E-state index in [0.29, 0.717) is 31.3 Å². The minimum absolute atomic E-state index is 0.281. The van der Waals surface area contributed by atoms with Crippen LogP contribution < -0.4 is 0 Å². The molecule has 1 heterocycles. The number of carbonyl (C=O) groups excluding carboxylic acids is 2. The number of esters is 2. The summed E-state index contributed by atoms with van der Waals surface area (Å²) in [5.41, 5.74) is 1.62. The average Bonchev–Trinajstić information content (AvgIpc) is 2.80. The maximum absolute atomic E-state index is 12.1. The van der Waals surface area contributed by atoms with Gasteiger partial charge in [-0.2, -0.15) is 0 Å². The highest BCUT2D eigenvalue weighted by atomic mass is 16.6. The van der Waals surface area contributed by atoms with Gasteiger partial charge in [-0.3, -0.25) is 4.79 Å². The summed E-state index contributed by atoms with van der Waals surface area (Å²) in [5.74, 6) is -1.13. The van der Waals surface area contributed by atoms with Gasteiger partial charge < -0.3 is 14.6 Å². The maximum Gasteiger partial charge on any atom is 0.334 e. The van der Waals surface area contributed by atoms with Gasteiger partial charge in [0.1, 0.15) is 12.2 Å². The second kappa shape index (κ2) is 8.87. The minimum Gasteiger partial charge on any atom is -0.459 e. The molecule has 0 aromatic carbocycles. The van der Waals surface area contributed by atoms with E-state index in [1.807, 2.05) is 6.92 Å². The van der Waals surface area contributed by atoms with Gasteiger partial charge in [0.25, 0.3) is 0 Å².